The minimum absolute atomic E-state index is 0.0553. The first-order valence-corrected chi connectivity index (χ1v) is 11.0. The molecule has 2 N–H and O–H groups in total. The third-order valence-electron chi connectivity index (χ3n) is 4.39. The summed E-state index contributed by atoms with van der Waals surface area (Å²) in [6.07, 6.45) is 3.11. The molecule has 0 saturated carbocycles. The van der Waals surface area contributed by atoms with Crippen molar-refractivity contribution in [1.82, 2.24) is 9.45 Å². The zero-order valence-corrected chi connectivity index (χ0v) is 18.6. The first kappa shape index (κ1) is 23.4. The number of halogens is 1. The van der Waals surface area contributed by atoms with Gasteiger partial charge in [0.2, 0.25) is 0 Å². The minimum atomic E-state index is -4.05. The van der Waals surface area contributed by atoms with Crippen molar-refractivity contribution in [2.75, 3.05) is 24.8 Å². The van der Waals surface area contributed by atoms with Crippen molar-refractivity contribution in [3.05, 3.63) is 83.1 Å². The van der Waals surface area contributed by atoms with E-state index in [1.807, 2.05) is 0 Å². The van der Waals surface area contributed by atoms with Crippen molar-refractivity contribution in [2.24, 2.45) is 0 Å². The predicted molar refractivity (Wildman–Crippen MR) is 120 cm³/mol. The molecule has 0 spiro atoms. The molecule has 0 aliphatic rings. The van der Waals surface area contributed by atoms with E-state index < -0.39 is 15.9 Å². The number of aromatic nitrogens is 1. The summed E-state index contributed by atoms with van der Waals surface area (Å²) in [6, 6.07) is 13.5. The Labute approximate surface area is 190 Å². The summed E-state index contributed by atoms with van der Waals surface area (Å²) < 4.78 is 25.7. The number of hydrogen-bond acceptors (Lipinski definition) is 6. The molecule has 0 aliphatic carbocycles. The number of nitrogens with zero attached hydrogens (tertiary/aromatic N) is 2. The zero-order chi connectivity index (χ0) is 23.3. The molecule has 1 heterocycles. The molecule has 166 valence electrons. The van der Waals surface area contributed by atoms with Gasteiger partial charge in [-0.05, 0) is 48.5 Å². The minimum Gasteiger partial charge on any atom is -0.322 e. The van der Waals surface area contributed by atoms with Crippen molar-refractivity contribution >= 4 is 44.8 Å². The zero-order valence-electron chi connectivity index (χ0n) is 17.1. The molecule has 0 fully saturated rings. The fraction of sp³-hybridized carbons (Fsp3) is 0.0952. The lowest BCUT2D eigenvalue weighted by atomic mass is 10.1. The van der Waals surface area contributed by atoms with Crippen LogP contribution in [0.3, 0.4) is 0 Å². The summed E-state index contributed by atoms with van der Waals surface area (Å²) in [5.41, 5.74) is 1.31. The van der Waals surface area contributed by atoms with Gasteiger partial charge < -0.3 is 10.6 Å². The third-order valence-corrected chi connectivity index (χ3v) is 6.55. The number of hydrogen-bond donors (Lipinski definition) is 2. The summed E-state index contributed by atoms with van der Waals surface area (Å²) in [7, 11) is -1.65. The average molecular weight is 475 g/mol. The van der Waals surface area contributed by atoms with Crippen LogP contribution in [0, 0.1) is 0 Å². The van der Waals surface area contributed by atoms with E-state index in [0.29, 0.717) is 21.4 Å². The monoisotopic (exact) mass is 474 g/mol. The van der Waals surface area contributed by atoms with Gasteiger partial charge in [0.05, 0.1) is 12.1 Å². The molecule has 0 saturated heterocycles. The van der Waals surface area contributed by atoms with Crippen LogP contribution in [-0.2, 0) is 14.9 Å². The summed E-state index contributed by atoms with van der Waals surface area (Å²) in [5.74, 6) is -0.945. The highest BCUT2D eigenvalue weighted by atomic mass is 35.5. The first-order valence-electron chi connectivity index (χ1n) is 9.18. The Morgan fingerprint density at radius 3 is 2.22 bits per heavy atom. The number of amides is 2. The molecule has 2 amide bonds. The summed E-state index contributed by atoms with van der Waals surface area (Å²) in [4.78, 5) is 33.5. The van der Waals surface area contributed by atoms with Crippen LogP contribution >= 0.6 is 11.6 Å². The van der Waals surface area contributed by atoms with E-state index in [2.05, 4.69) is 15.6 Å². The van der Waals surface area contributed by atoms with Crippen LogP contribution in [-0.4, -0.2) is 43.8 Å². The van der Waals surface area contributed by atoms with Crippen LogP contribution in [0.2, 0.25) is 5.02 Å². The fourth-order valence-corrected chi connectivity index (χ4v) is 4.13. The molecule has 0 aliphatic heterocycles. The molecule has 2 aromatic carbocycles. The summed E-state index contributed by atoms with van der Waals surface area (Å²) in [5, 5.41) is 5.32. The smallest absolute Gasteiger partial charge is 0.266 e. The van der Waals surface area contributed by atoms with Gasteiger partial charge in [-0.1, -0.05) is 22.1 Å². The molecule has 32 heavy (non-hydrogen) atoms. The lowest BCUT2D eigenvalue weighted by molar-refractivity contribution is -0.0258. The van der Waals surface area contributed by atoms with Gasteiger partial charge in [-0.2, -0.15) is 0 Å². The van der Waals surface area contributed by atoms with E-state index in [4.69, 9.17) is 16.4 Å². The third kappa shape index (κ3) is 5.29. The van der Waals surface area contributed by atoms with Crippen molar-refractivity contribution in [1.29, 1.82) is 0 Å². The van der Waals surface area contributed by atoms with Crippen LogP contribution < -0.4 is 10.6 Å². The van der Waals surface area contributed by atoms with Gasteiger partial charge >= 0.3 is 0 Å². The van der Waals surface area contributed by atoms with E-state index in [1.165, 1.54) is 32.4 Å². The maximum Gasteiger partial charge on any atom is 0.266 e. The van der Waals surface area contributed by atoms with Gasteiger partial charge in [-0.3, -0.25) is 19.4 Å². The van der Waals surface area contributed by atoms with Crippen molar-refractivity contribution < 1.29 is 22.8 Å². The Bertz CT molecular complexity index is 1250. The molecular weight excluding hydrogens is 456 g/mol. The topological polar surface area (TPSA) is 118 Å². The number of nitrogens with one attached hydrogen (secondary N) is 2. The van der Waals surface area contributed by atoms with Gasteiger partial charge in [0, 0.05) is 41.9 Å². The van der Waals surface area contributed by atoms with E-state index in [1.54, 1.807) is 42.7 Å². The van der Waals surface area contributed by atoms with Gasteiger partial charge in [-0.25, -0.2) is 8.42 Å². The Morgan fingerprint density at radius 1 is 0.938 bits per heavy atom. The Kier molecular flexibility index (Phi) is 7.21. The van der Waals surface area contributed by atoms with Gasteiger partial charge in [0.1, 0.15) is 4.90 Å². The van der Waals surface area contributed by atoms with Crippen LogP contribution in [0.1, 0.15) is 20.7 Å². The van der Waals surface area contributed by atoms with Crippen LogP contribution in [0.5, 0.6) is 0 Å². The number of rotatable bonds is 7. The van der Waals surface area contributed by atoms with Gasteiger partial charge in [0.15, 0.2) is 0 Å². The van der Waals surface area contributed by atoms with Gasteiger partial charge in [-0.15, -0.1) is 0 Å². The number of carbonyl (C=O) groups excluding carboxylic acids is 2. The Morgan fingerprint density at radius 2 is 1.56 bits per heavy atom. The lowest BCUT2D eigenvalue weighted by Crippen LogP contribution is -2.26. The number of carbonyl (C=O) groups is 2. The predicted octanol–water partition coefficient (Wildman–Crippen LogP) is 3.42. The number of hydroxylamine groups is 1. The van der Waals surface area contributed by atoms with E-state index in [0.717, 1.165) is 6.07 Å². The molecule has 1 aromatic heterocycles. The number of benzene rings is 2. The normalized spacial score (nSPS) is 11.2. The molecule has 3 rings (SSSR count). The van der Waals surface area contributed by atoms with Crippen LogP contribution in [0.25, 0.3) is 0 Å². The molecular formula is C21H19ClN4O5S. The second-order valence-corrected chi connectivity index (χ2v) is 8.78. The maximum absolute atomic E-state index is 12.7. The van der Waals surface area contributed by atoms with E-state index >= 15 is 0 Å². The highest BCUT2D eigenvalue weighted by Gasteiger charge is 2.25. The molecule has 9 nitrogen and oxygen atoms in total. The summed E-state index contributed by atoms with van der Waals surface area (Å²) in [6.45, 7) is 0. The summed E-state index contributed by atoms with van der Waals surface area (Å²) >= 11 is 6.03. The highest BCUT2D eigenvalue weighted by Crippen LogP contribution is 2.26. The Hall–Kier alpha value is -3.31. The standard InChI is InChI=1S/C21H19ClN4O5S/c1-26(31-2)32(29,30)19-13-15(6-7-18(19)22)21(28)25-17-5-3-4-14(12-17)20(27)24-16-8-10-23-11-9-16/h3-13H,1-2H3,(H,25,28)(H,23,24,27). The molecule has 11 heteroatoms. The van der Waals surface area contributed by atoms with Crippen molar-refractivity contribution in [2.45, 2.75) is 4.90 Å². The quantitative estimate of drug-likeness (QED) is 0.506. The van der Waals surface area contributed by atoms with Crippen LogP contribution in [0.15, 0.2) is 71.9 Å². The first-order chi connectivity index (χ1) is 15.2. The van der Waals surface area contributed by atoms with Crippen molar-refractivity contribution in [3.8, 4) is 0 Å². The van der Waals surface area contributed by atoms with E-state index in [9.17, 15) is 18.0 Å². The Balaban J connectivity index is 1.80. The molecule has 0 bridgehead atoms. The SMILES string of the molecule is CON(C)S(=O)(=O)c1cc(C(=O)Nc2cccc(C(=O)Nc3ccncc3)c2)ccc1Cl. The highest BCUT2D eigenvalue weighted by molar-refractivity contribution is 7.89. The van der Waals surface area contributed by atoms with E-state index in [-0.39, 0.29) is 21.4 Å². The molecule has 0 atom stereocenters. The molecule has 3 aromatic rings. The molecule has 0 unspecified atom stereocenters. The maximum atomic E-state index is 12.7. The average Bonchev–Trinajstić information content (AvgIpc) is 2.79. The second kappa shape index (κ2) is 9.88. The fourth-order valence-electron chi connectivity index (χ4n) is 2.66. The van der Waals surface area contributed by atoms with Crippen molar-refractivity contribution in [3.63, 3.8) is 0 Å². The van der Waals surface area contributed by atoms with Crippen LogP contribution in [0.4, 0.5) is 11.4 Å². The second-order valence-electron chi connectivity index (χ2n) is 6.47. The number of anilines is 2. The number of sulfonamides is 1. The largest absolute Gasteiger partial charge is 0.322 e. The van der Waals surface area contributed by atoms with Gasteiger partial charge in [0.25, 0.3) is 21.8 Å². The molecule has 0 radical (unpaired) electrons. The lowest BCUT2D eigenvalue weighted by Gasteiger charge is -2.16. The number of pyridine rings is 1.